The van der Waals surface area contributed by atoms with Crippen LogP contribution >= 0.6 is 0 Å². The maximum absolute atomic E-state index is 13.8. The van der Waals surface area contributed by atoms with Crippen molar-refractivity contribution in [3.8, 4) is 5.75 Å². The van der Waals surface area contributed by atoms with Gasteiger partial charge in [-0.05, 0) is 18.8 Å². The Morgan fingerprint density at radius 3 is 2.50 bits per heavy atom. The minimum atomic E-state index is -1.19. The lowest BCUT2D eigenvalue weighted by Gasteiger charge is -2.42. The first-order valence-corrected chi connectivity index (χ1v) is 10.1. The number of halogens is 3. The molecule has 2 aromatic rings. The predicted molar refractivity (Wildman–Crippen MR) is 107 cm³/mol. The van der Waals surface area contributed by atoms with Gasteiger partial charge in [0.15, 0.2) is 11.4 Å². The zero-order chi connectivity index (χ0) is 23.2. The van der Waals surface area contributed by atoms with Crippen LogP contribution in [0.25, 0.3) is 0 Å². The fourth-order valence-corrected chi connectivity index (χ4v) is 3.90. The zero-order valence-corrected chi connectivity index (χ0v) is 17.2. The average Bonchev–Trinajstić information content (AvgIpc) is 2.72. The summed E-state index contributed by atoms with van der Waals surface area (Å²) >= 11 is 0. The summed E-state index contributed by atoms with van der Waals surface area (Å²) in [5.41, 5.74) is -2.38. The molecule has 0 spiro atoms. The summed E-state index contributed by atoms with van der Waals surface area (Å²) in [6, 6.07) is 0.953. The summed E-state index contributed by atoms with van der Waals surface area (Å²) in [5.74, 6) is -5.52. The predicted octanol–water partition coefficient (Wildman–Crippen LogP) is 1.68. The first kappa shape index (κ1) is 21.7. The van der Waals surface area contributed by atoms with Crippen LogP contribution in [0.1, 0.15) is 46.2 Å². The Bertz CT molecular complexity index is 1140. The van der Waals surface area contributed by atoms with Crippen LogP contribution in [0, 0.1) is 23.4 Å². The summed E-state index contributed by atoms with van der Waals surface area (Å²) in [6.45, 7) is 2.64. The first-order valence-electron chi connectivity index (χ1n) is 10.1. The van der Waals surface area contributed by atoms with Crippen molar-refractivity contribution in [1.82, 2.24) is 14.9 Å². The van der Waals surface area contributed by atoms with Gasteiger partial charge in [-0.1, -0.05) is 6.92 Å². The number of rotatable bonds is 3. The Hall–Kier alpha value is -3.50. The number of hydrogen-bond donors (Lipinski definition) is 2. The second-order valence-electron chi connectivity index (χ2n) is 8.07. The molecule has 1 unspecified atom stereocenters. The lowest BCUT2D eigenvalue weighted by molar-refractivity contribution is 0.0658. The van der Waals surface area contributed by atoms with E-state index in [1.54, 1.807) is 5.01 Å². The van der Waals surface area contributed by atoms with Crippen molar-refractivity contribution in [2.75, 3.05) is 24.8 Å². The monoisotopic (exact) mass is 450 g/mol. The van der Waals surface area contributed by atoms with Gasteiger partial charge < -0.3 is 15.3 Å². The number of hydrogen-bond acceptors (Lipinski definition) is 5. The topological polar surface area (TPSA) is 94.9 Å². The molecule has 170 valence electrons. The van der Waals surface area contributed by atoms with E-state index in [2.05, 4.69) is 12.2 Å². The quantitative estimate of drug-likeness (QED) is 0.742. The van der Waals surface area contributed by atoms with Gasteiger partial charge in [0, 0.05) is 43.5 Å². The van der Waals surface area contributed by atoms with Crippen LogP contribution in [0.4, 0.5) is 13.2 Å². The molecule has 2 bridgehead atoms. The van der Waals surface area contributed by atoms with E-state index < -0.39 is 58.1 Å². The van der Waals surface area contributed by atoms with Gasteiger partial charge in [-0.15, -0.1) is 0 Å². The third kappa shape index (κ3) is 3.78. The molecule has 1 aromatic carbocycles. The van der Waals surface area contributed by atoms with Gasteiger partial charge in [-0.25, -0.2) is 13.2 Å². The molecule has 3 heterocycles. The molecular formula is C21H21F3N4O4. The van der Waals surface area contributed by atoms with Crippen molar-refractivity contribution in [3.05, 3.63) is 62.8 Å². The highest BCUT2D eigenvalue weighted by molar-refractivity contribution is 5.99. The SMILES string of the molecule is CC1CCN2CN(CC1)n1cc(C(=O)NCc3c(F)cc(F)cc3F)c(=O)c(O)c1C2=O. The maximum Gasteiger partial charge on any atom is 0.277 e. The molecule has 8 nitrogen and oxygen atoms in total. The third-order valence-corrected chi connectivity index (χ3v) is 5.84. The molecule has 2 N–H and O–H groups in total. The van der Waals surface area contributed by atoms with Crippen molar-refractivity contribution >= 4 is 11.8 Å². The fraction of sp³-hybridized carbons (Fsp3) is 0.381. The Labute approximate surface area is 180 Å². The minimum Gasteiger partial charge on any atom is -0.502 e. The fourth-order valence-electron chi connectivity index (χ4n) is 3.90. The van der Waals surface area contributed by atoms with Gasteiger partial charge in [-0.2, -0.15) is 0 Å². The Morgan fingerprint density at radius 1 is 1.16 bits per heavy atom. The lowest BCUT2D eigenvalue weighted by atomic mass is 10.0. The number of benzene rings is 1. The molecule has 11 heteroatoms. The van der Waals surface area contributed by atoms with Crippen LogP contribution in [0.3, 0.4) is 0 Å². The van der Waals surface area contributed by atoms with Crippen LogP contribution in [0.2, 0.25) is 0 Å². The van der Waals surface area contributed by atoms with E-state index in [4.69, 9.17) is 0 Å². The van der Waals surface area contributed by atoms with Gasteiger partial charge in [0.25, 0.3) is 11.8 Å². The number of aromatic nitrogens is 1. The normalized spacial score (nSPS) is 18.1. The molecule has 4 rings (SSSR count). The Balaban J connectivity index is 1.66. The molecule has 0 radical (unpaired) electrons. The summed E-state index contributed by atoms with van der Waals surface area (Å²) in [4.78, 5) is 39.6. The molecule has 1 aromatic heterocycles. The summed E-state index contributed by atoms with van der Waals surface area (Å²) < 4.78 is 42.0. The van der Waals surface area contributed by atoms with Gasteiger partial charge >= 0.3 is 0 Å². The van der Waals surface area contributed by atoms with E-state index in [0.29, 0.717) is 31.1 Å². The summed E-state index contributed by atoms with van der Waals surface area (Å²) in [6.07, 6.45) is 2.74. The molecule has 0 aliphatic carbocycles. The van der Waals surface area contributed by atoms with Crippen molar-refractivity contribution in [1.29, 1.82) is 0 Å². The smallest absolute Gasteiger partial charge is 0.277 e. The molecule has 32 heavy (non-hydrogen) atoms. The highest BCUT2D eigenvalue weighted by atomic mass is 19.1. The van der Waals surface area contributed by atoms with E-state index in [1.165, 1.54) is 9.58 Å². The van der Waals surface area contributed by atoms with Crippen molar-refractivity contribution < 1.29 is 27.9 Å². The molecule has 2 aliphatic rings. The van der Waals surface area contributed by atoms with Gasteiger partial charge in [0.05, 0.1) is 0 Å². The second kappa shape index (κ2) is 8.21. The largest absolute Gasteiger partial charge is 0.502 e. The summed E-state index contributed by atoms with van der Waals surface area (Å²) in [5, 5.41) is 14.4. The Morgan fingerprint density at radius 2 is 1.81 bits per heavy atom. The van der Waals surface area contributed by atoms with E-state index in [9.17, 15) is 32.7 Å². The second-order valence-corrected chi connectivity index (χ2v) is 8.07. The lowest BCUT2D eigenvalue weighted by Crippen LogP contribution is -2.56. The first-order chi connectivity index (χ1) is 15.2. The number of pyridine rings is 1. The van der Waals surface area contributed by atoms with Gasteiger partial charge in [-0.3, -0.25) is 24.1 Å². The number of nitrogens with one attached hydrogen (secondary N) is 1. The van der Waals surface area contributed by atoms with E-state index >= 15 is 0 Å². The zero-order valence-electron chi connectivity index (χ0n) is 17.2. The van der Waals surface area contributed by atoms with Gasteiger partial charge in [0.2, 0.25) is 5.43 Å². The van der Waals surface area contributed by atoms with Crippen LogP contribution in [0.5, 0.6) is 5.75 Å². The number of carbonyl (C=O) groups is 2. The summed E-state index contributed by atoms with van der Waals surface area (Å²) in [7, 11) is 0. The average molecular weight is 450 g/mol. The standard InChI is InChI=1S/C21H21F3N4O4/c1-11-2-4-26-10-27(5-3-11)28-9-14(18(29)19(30)17(28)21(26)32)20(31)25-8-13-15(23)6-12(22)7-16(13)24/h6-7,9,11,30H,2-5,8,10H2,1H3,(H,25,31). The molecule has 1 fully saturated rings. The molecule has 0 saturated carbocycles. The van der Waals surface area contributed by atoms with Crippen LogP contribution in [0.15, 0.2) is 23.1 Å². The van der Waals surface area contributed by atoms with Crippen LogP contribution in [-0.2, 0) is 6.54 Å². The minimum absolute atomic E-state index is 0.230. The van der Waals surface area contributed by atoms with Crippen LogP contribution in [-0.4, -0.2) is 46.3 Å². The van der Waals surface area contributed by atoms with Crippen molar-refractivity contribution in [2.45, 2.75) is 26.3 Å². The maximum atomic E-state index is 13.8. The van der Waals surface area contributed by atoms with Crippen LogP contribution < -0.4 is 15.8 Å². The molecule has 2 aliphatic heterocycles. The Kier molecular flexibility index (Phi) is 5.57. The number of aromatic hydroxyl groups is 1. The molecule has 2 amide bonds. The highest BCUT2D eigenvalue weighted by Gasteiger charge is 2.35. The third-order valence-electron chi connectivity index (χ3n) is 5.84. The number of fused-ring (bicyclic) bond motifs is 4. The van der Waals surface area contributed by atoms with Gasteiger partial charge in [0.1, 0.15) is 29.7 Å². The highest BCUT2D eigenvalue weighted by Crippen LogP contribution is 2.25. The van der Waals surface area contributed by atoms with Crippen molar-refractivity contribution in [2.24, 2.45) is 5.92 Å². The number of carbonyl (C=O) groups excluding carboxylic acids is 2. The van der Waals surface area contributed by atoms with E-state index in [-0.39, 0.29) is 12.4 Å². The van der Waals surface area contributed by atoms with Crippen molar-refractivity contribution in [3.63, 3.8) is 0 Å². The van der Waals surface area contributed by atoms with E-state index in [1.807, 2.05) is 0 Å². The number of amides is 2. The molecule has 1 atom stereocenters. The molecule has 1 saturated heterocycles. The van der Waals surface area contributed by atoms with E-state index in [0.717, 1.165) is 19.0 Å². The number of nitrogens with zero attached hydrogens (tertiary/aromatic N) is 3. The molecular weight excluding hydrogens is 429 g/mol.